The summed E-state index contributed by atoms with van der Waals surface area (Å²) in [6, 6.07) is -0.688. The smallest absolute Gasteiger partial charge is 0.326 e. The first-order valence-corrected chi connectivity index (χ1v) is 5.18. The zero-order valence-electron chi connectivity index (χ0n) is 10.7. The third kappa shape index (κ3) is 3.02. The number of nitrogens with zero attached hydrogens (tertiary/aromatic N) is 5. The summed E-state index contributed by atoms with van der Waals surface area (Å²) in [5, 5.41) is 8.94. The van der Waals surface area contributed by atoms with Crippen LogP contribution in [0, 0.1) is 6.92 Å². The van der Waals surface area contributed by atoms with Crippen LogP contribution >= 0.6 is 0 Å². The van der Waals surface area contributed by atoms with E-state index in [1.54, 1.807) is 25.8 Å². The Labute approximate surface area is 100 Å². The van der Waals surface area contributed by atoms with Crippen LogP contribution in [0.4, 0.5) is 11.9 Å². The van der Waals surface area contributed by atoms with Crippen molar-refractivity contribution in [3.8, 4) is 0 Å². The molecule has 1 aromatic rings. The Morgan fingerprint density at radius 1 is 1.18 bits per heavy atom. The van der Waals surface area contributed by atoms with Crippen LogP contribution < -0.4 is 9.80 Å². The highest BCUT2D eigenvalue weighted by Crippen LogP contribution is 2.13. The molecule has 0 fully saturated rings. The molecule has 0 radical (unpaired) electrons. The maximum atomic E-state index is 10.9. The third-order valence-corrected chi connectivity index (χ3v) is 2.38. The van der Waals surface area contributed by atoms with E-state index in [1.807, 2.05) is 14.1 Å². The molecule has 1 unspecified atom stereocenters. The molecule has 1 atom stereocenters. The summed E-state index contributed by atoms with van der Waals surface area (Å²) in [4.78, 5) is 26.6. The number of hydrogen-bond acceptors (Lipinski definition) is 6. The summed E-state index contributed by atoms with van der Waals surface area (Å²) in [7, 11) is 5.28. The van der Waals surface area contributed by atoms with Gasteiger partial charge in [-0.05, 0) is 13.8 Å². The largest absolute Gasteiger partial charge is 0.480 e. The van der Waals surface area contributed by atoms with E-state index in [0.29, 0.717) is 17.7 Å². The van der Waals surface area contributed by atoms with E-state index < -0.39 is 12.0 Å². The van der Waals surface area contributed by atoms with E-state index in [0.717, 1.165) is 0 Å². The molecule has 1 rings (SSSR count). The van der Waals surface area contributed by atoms with Gasteiger partial charge in [-0.3, -0.25) is 0 Å². The van der Waals surface area contributed by atoms with Gasteiger partial charge in [-0.2, -0.15) is 15.0 Å². The normalized spacial score (nSPS) is 12.1. The number of carboxylic acid groups (broad SMARTS) is 1. The fraction of sp³-hybridized carbons (Fsp3) is 0.600. The number of hydrogen-bond donors (Lipinski definition) is 1. The second kappa shape index (κ2) is 4.94. The van der Waals surface area contributed by atoms with Gasteiger partial charge in [0.25, 0.3) is 0 Å². The van der Waals surface area contributed by atoms with E-state index in [2.05, 4.69) is 15.0 Å². The molecule has 1 heterocycles. The number of rotatable bonds is 4. The number of aliphatic carboxylic acids is 1. The number of anilines is 2. The summed E-state index contributed by atoms with van der Waals surface area (Å²) in [5.41, 5.74) is 0. The molecule has 0 amide bonds. The van der Waals surface area contributed by atoms with E-state index >= 15 is 0 Å². The molecule has 17 heavy (non-hydrogen) atoms. The Morgan fingerprint density at radius 2 is 1.71 bits per heavy atom. The van der Waals surface area contributed by atoms with Gasteiger partial charge in [0.1, 0.15) is 11.9 Å². The van der Waals surface area contributed by atoms with Gasteiger partial charge >= 0.3 is 5.97 Å². The van der Waals surface area contributed by atoms with Gasteiger partial charge in [-0.15, -0.1) is 0 Å². The van der Waals surface area contributed by atoms with Gasteiger partial charge in [-0.1, -0.05) is 0 Å². The lowest BCUT2D eigenvalue weighted by atomic mass is 10.3. The minimum absolute atomic E-state index is 0.358. The number of carboxylic acids is 1. The number of aryl methyl sites for hydroxylation is 1. The second-order valence-corrected chi connectivity index (χ2v) is 4.00. The van der Waals surface area contributed by atoms with Crippen molar-refractivity contribution in [3.05, 3.63) is 5.82 Å². The maximum Gasteiger partial charge on any atom is 0.326 e. The van der Waals surface area contributed by atoms with Crippen molar-refractivity contribution in [1.82, 2.24) is 15.0 Å². The molecule has 0 aliphatic rings. The van der Waals surface area contributed by atoms with Crippen LogP contribution in [0.1, 0.15) is 12.7 Å². The van der Waals surface area contributed by atoms with E-state index in [4.69, 9.17) is 5.11 Å². The lowest BCUT2D eigenvalue weighted by molar-refractivity contribution is -0.138. The highest BCUT2D eigenvalue weighted by atomic mass is 16.4. The molecule has 7 heteroatoms. The molecular weight excluding hydrogens is 222 g/mol. The molecule has 0 spiro atoms. The van der Waals surface area contributed by atoms with Crippen LogP contribution in [-0.2, 0) is 4.79 Å². The van der Waals surface area contributed by atoms with Crippen LogP contribution in [0.2, 0.25) is 0 Å². The van der Waals surface area contributed by atoms with Gasteiger partial charge in [0.15, 0.2) is 0 Å². The van der Waals surface area contributed by atoms with Crippen molar-refractivity contribution in [2.24, 2.45) is 0 Å². The van der Waals surface area contributed by atoms with Crippen molar-refractivity contribution in [2.75, 3.05) is 30.9 Å². The predicted octanol–water partition coefficient (Wildman–Crippen LogP) is 0.155. The number of carbonyl (C=O) groups is 1. The Morgan fingerprint density at radius 3 is 2.18 bits per heavy atom. The molecular formula is C10H17N5O2. The Kier molecular flexibility index (Phi) is 3.82. The van der Waals surface area contributed by atoms with Gasteiger partial charge in [0.05, 0.1) is 0 Å². The van der Waals surface area contributed by atoms with Crippen LogP contribution in [0.25, 0.3) is 0 Å². The van der Waals surface area contributed by atoms with Crippen molar-refractivity contribution < 1.29 is 9.90 Å². The summed E-state index contributed by atoms with van der Waals surface area (Å²) in [6.07, 6.45) is 0. The van der Waals surface area contributed by atoms with Crippen molar-refractivity contribution >= 4 is 17.9 Å². The summed E-state index contributed by atoms with van der Waals surface area (Å²) >= 11 is 0. The fourth-order valence-electron chi connectivity index (χ4n) is 1.15. The molecule has 1 aromatic heterocycles. The monoisotopic (exact) mass is 239 g/mol. The lowest BCUT2D eigenvalue weighted by Crippen LogP contribution is -2.37. The first kappa shape index (κ1) is 13.1. The molecule has 0 bridgehead atoms. The first-order chi connectivity index (χ1) is 7.82. The van der Waals surface area contributed by atoms with E-state index in [9.17, 15) is 4.79 Å². The maximum absolute atomic E-state index is 10.9. The lowest BCUT2D eigenvalue weighted by Gasteiger charge is -2.22. The molecule has 0 saturated heterocycles. The molecule has 7 nitrogen and oxygen atoms in total. The fourth-order valence-corrected chi connectivity index (χ4v) is 1.15. The molecule has 94 valence electrons. The standard InChI is InChI=1S/C10H17N5O2/c1-6(8(16)17)15(5)10-12-7(2)11-9(13-10)14(3)4/h6H,1-5H3,(H,16,17). The first-order valence-electron chi connectivity index (χ1n) is 5.18. The average Bonchev–Trinajstić information content (AvgIpc) is 2.25. The SMILES string of the molecule is Cc1nc(N(C)C)nc(N(C)C(C)C(=O)O)n1. The molecule has 1 N–H and O–H groups in total. The van der Waals surface area contributed by atoms with Gasteiger partial charge < -0.3 is 14.9 Å². The van der Waals surface area contributed by atoms with Crippen molar-refractivity contribution in [3.63, 3.8) is 0 Å². The summed E-state index contributed by atoms with van der Waals surface area (Å²) in [5.74, 6) is 0.508. The Bertz CT molecular complexity index is 421. The second-order valence-electron chi connectivity index (χ2n) is 4.00. The van der Waals surface area contributed by atoms with E-state index in [1.165, 1.54) is 4.90 Å². The molecule has 0 aromatic carbocycles. The predicted molar refractivity (Wildman–Crippen MR) is 64.4 cm³/mol. The quantitative estimate of drug-likeness (QED) is 0.801. The minimum Gasteiger partial charge on any atom is -0.480 e. The average molecular weight is 239 g/mol. The third-order valence-electron chi connectivity index (χ3n) is 2.38. The Balaban J connectivity index is 3.09. The van der Waals surface area contributed by atoms with Crippen molar-refractivity contribution in [2.45, 2.75) is 19.9 Å². The summed E-state index contributed by atoms with van der Waals surface area (Å²) in [6.45, 7) is 3.33. The minimum atomic E-state index is -0.919. The molecule has 0 saturated carbocycles. The zero-order valence-corrected chi connectivity index (χ0v) is 10.7. The van der Waals surface area contributed by atoms with Crippen molar-refractivity contribution in [1.29, 1.82) is 0 Å². The van der Waals surface area contributed by atoms with Crippen LogP contribution in [-0.4, -0.2) is 53.2 Å². The molecule has 0 aliphatic carbocycles. The van der Waals surface area contributed by atoms with Gasteiger partial charge in [0.2, 0.25) is 11.9 Å². The Hall–Kier alpha value is -1.92. The zero-order chi connectivity index (χ0) is 13.2. The topological polar surface area (TPSA) is 82.5 Å². The number of aromatic nitrogens is 3. The van der Waals surface area contributed by atoms with Gasteiger partial charge in [0, 0.05) is 21.1 Å². The summed E-state index contributed by atoms with van der Waals surface area (Å²) < 4.78 is 0. The van der Waals surface area contributed by atoms with Crippen LogP contribution in [0.15, 0.2) is 0 Å². The van der Waals surface area contributed by atoms with E-state index in [-0.39, 0.29) is 0 Å². The highest BCUT2D eigenvalue weighted by molar-refractivity contribution is 5.76. The highest BCUT2D eigenvalue weighted by Gasteiger charge is 2.20. The molecule has 0 aliphatic heterocycles. The number of likely N-dealkylation sites (N-methyl/N-ethyl adjacent to an activating group) is 1. The van der Waals surface area contributed by atoms with Crippen LogP contribution in [0.5, 0.6) is 0 Å². The van der Waals surface area contributed by atoms with Crippen LogP contribution in [0.3, 0.4) is 0 Å². The van der Waals surface area contributed by atoms with Gasteiger partial charge in [-0.25, -0.2) is 4.79 Å².